The lowest BCUT2D eigenvalue weighted by atomic mass is 10.0. The first-order valence-corrected chi connectivity index (χ1v) is 22.5. The summed E-state index contributed by atoms with van der Waals surface area (Å²) in [5.74, 6) is -17.3. The van der Waals surface area contributed by atoms with Crippen LogP contribution in [-0.4, -0.2) is 187 Å². The van der Waals surface area contributed by atoms with E-state index in [4.69, 9.17) is 22.9 Å². The molecular formula is C41H66N12O19. The Morgan fingerprint density at radius 1 is 0.556 bits per heavy atom. The molecule has 10 atom stereocenters. The van der Waals surface area contributed by atoms with Crippen LogP contribution in [-0.2, 0) is 67.1 Å². The number of carboxylic acids is 3. The lowest BCUT2D eigenvalue weighted by Gasteiger charge is -2.31. The number of nitrogens with one attached hydrogen (secondary N) is 7. The van der Waals surface area contributed by atoms with Crippen LogP contribution in [0.15, 0.2) is 0 Å². The van der Waals surface area contributed by atoms with Gasteiger partial charge in [-0.2, -0.15) is 0 Å². The monoisotopic (exact) mass is 1030 g/mol. The van der Waals surface area contributed by atoms with E-state index in [0.717, 1.165) is 11.8 Å². The van der Waals surface area contributed by atoms with E-state index in [1.54, 1.807) is 13.8 Å². The normalized spacial score (nSPS) is 16.9. The van der Waals surface area contributed by atoms with Crippen molar-refractivity contribution in [2.75, 3.05) is 13.2 Å². The summed E-state index contributed by atoms with van der Waals surface area (Å²) < 4.78 is 0. The SMILES string of the molecule is CC(C)C[C@H](NC(=O)[C@@H]1CCCN1C(=O)[C@H](CC(N)=O)NC(=O)[C@H](CCC(=O)O)NC(=O)[C@H](CC(=O)O)NC(=O)[C@H](CO)NC(=O)[C@H](CCC(N)=O)NC(=O)[C@@H](N)CCC(N)=O)C(=O)N[C@H](C(=O)O)[C@@H](C)O. The van der Waals surface area contributed by atoms with E-state index < -0.39 is 188 Å². The van der Waals surface area contributed by atoms with Gasteiger partial charge in [-0.05, 0) is 51.4 Å². The predicted molar refractivity (Wildman–Crippen MR) is 242 cm³/mol. The number of primary amides is 3. The molecule has 1 aliphatic heterocycles. The van der Waals surface area contributed by atoms with Crippen LogP contribution in [0, 0.1) is 5.92 Å². The van der Waals surface area contributed by atoms with E-state index in [2.05, 4.69) is 31.9 Å². The van der Waals surface area contributed by atoms with Gasteiger partial charge in [-0.3, -0.25) is 62.3 Å². The van der Waals surface area contributed by atoms with Crippen molar-refractivity contribution < 1.29 is 92.7 Å². The maximum absolute atomic E-state index is 14.0. The third-order valence-electron chi connectivity index (χ3n) is 10.7. The molecule has 72 heavy (non-hydrogen) atoms. The van der Waals surface area contributed by atoms with Gasteiger partial charge in [0.1, 0.15) is 42.3 Å². The van der Waals surface area contributed by atoms with Crippen LogP contribution in [0.1, 0.15) is 91.4 Å². The standard InChI is InChI=1S/C41H66N12O19/c1-17(2)13-22(37(67)52-32(18(3)55)41(71)72)49-39(69)26-5-4-12-53(26)40(70)24(14-29(45)58)50-34(64)21(8-11-30(59)60)47-36(66)23(15-31(61)62)48-38(68)25(16-54)51-35(65)20(7-10-28(44)57)46-33(63)19(42)6-9-27(43)56/h17-26,32,54-55H,4-16,42H2,1-3H3,(H2,43,56)(H2,44,57)(H2,45,58)(H,46,63)(H,47,66)(H,48,68)(H,49,69)(H,50,64)(H,51,65)(H,52,67)(H,59,60)(H,61,62)(H,71,72)/t18-,19+,20+,21+,22+,23+,24+,25+,26+,32+/m1/s1. The minimum atomic E-state index is -2.15. The number of rotatable bonds is 33. The van der Waals surface area contributed by atoms with Crippen molar-refractivity contribution >= 4 is 82.9 Å². The van der Waals surface area contributed by atoms with E-state index in [9.17, 15) is 92.7 Å². The Morgan fingerprint density at radius 2 is 1.03 bits per heavy atom. The highest BCUT2D eigenvalue weighted by atomic mass is 16.4. The quantitative estimate of drug-likeness (QED) is 0.0290. The number of aliphatic carboxylic acids is 3. The van der Waals surface area contributed by atoms with Gasteiger partial charge in [0.05, 0.1) is 31.6 Å². The largest absolute Gasteiger partial charge is 0.481 e. The van der Waals surface area contributed by atoms with Gasteiger partial charge in [0.15, 0.2) is 6.04 Å². The average Bonchev–Trinajstić information content (AvgIpc) is 3.77. The zero-order valence-corrected chi connectivity index (χ0v) is 39.8. The molecule has 20 N–H and O–H groups in total. The maximum atomic E-state index is 14.0. The summed E-state index contributed by atoms with van der Waals surface area (Å²) in [5.41, 5.74) is 21.4. The van der Waals surface area contributed by atoms with E-state index in [1.165, 1.54) is 0 Å². The molecule has 0 aliphatic carbocycles. The number of carbonyl (C=O) groups excluding carboxylic acids is 11. The van der Waals surface area contributed by atoms with Gasteiger partial charge in [0.2, 0.25) is 65.0 Å². The second-order valence-corrected chi connectivity index (χ2v) is 17.3. The van der Waals surface area contributed by atoms with Gasteiger partial charge in [0.25, 0.3) is 0 Å². The third-order valence-corrected chi connectivity index (χ3v) is 10.7. The lowest BCUT2D eigenvalue weighted by Crippen LogP contribution is -2.61. The van der Waals surface area contributed by atoms with Gasteiger partial charge in [-0.25, -0.2) is 4.79 Å². The number of aliphatic hydroxyl groups is 2. The van der Waals surface area contributed by atoms with Crippen molar-refractivity contribution in [2.45, 2.75) is 152 Å². The Balaban J connectivity index is 3.40. The Bertz CT molecular complexity index is 2040. The molecule has 1 rings (SSSR count). The molecule has 31 nitrogen and oxygen atoms in total. The number of hydrogen-bond acceptors (Lipinski definition) is 17. The van der Waals surface area contributed by atoms with E-state index in [0.29, 0.717) is 0 Å². The zero-order valence-electron chi connectivity index (χ0n) is 39.8. The minimum absolute atomic E-state index is 0.00806. The predicted octanol–water partition coefficient (Wildman–Crippen LogP) is -8.05. The molecule has 0 aromatic rings. The summed E-state index contributed by atoms with van der Waals surface area (Å²) in [6.07, 6.45) is -6.69. The van der Waals surface area contributed by atoms with Gasteiger partial charge in [-0.1, -0.05) is 13.8 Å². The molecule has 1 fully saturated rings. The molecule has 0 unspecified atom stereocenters. The number of hydrogen-bond donors (Lipinski definition) is 16. The molecule has 0 saturated carbocycles. The Kier molecular flexibility index (Phi) is 26.3. The van der Waals surface area contributed by atoms with Crippen molar-refractivity contribution in [3.8, 4) is 0 Å². The summed E-state index contributed by atoms with van der Waals surface area (Å²) in [6, 6.07) is -15.5. The summed E-state index contributed by atoms with van der Waals surface area (Å²) in [7, 11) is 0. The van der Waals surface area contributed by atoms with Crippen LogP contribution in [0.25, 0.3) is 0 Å². The van der Waals surface area contributed by atoms with Crippen molar-refractivity contribution in [1.29, 1.82) is 0 Å². The fourth-order valence-electron chi connectivity index (χ4n) is 6.98. The summed E-state index contributed by atoms with van der Waals surface area (Å²) in [4.78, 5) is 178. The van der Waals surface area contributed by atoms with Crippen LogP contribution in [0.3, 0.4) is 0 Å². The smallest absolute Gasteiger partial charge is 0.328 e. The fraction of sp³-hybridized carbons (Fsp3) is 0.659. The highest BCUT2D eigenvalue weighted by molar-refractivity contribution is 6.00. The molecule has 1 heterocycles. The van der Waals surface area contributed by atoms with Gasteiger partial charge in [-0.15, -0.1) is 0 Å². The van der Waals surface area contributed by atoms with Crippen LogP contribution in [0.2, 0.25) is 0 Å². The number of carbonyl (C=O) groups is 14. The summed E-state index contributed by atoms with van der Waals surface area (Å²) >= 11 is 0. The molecule has 1 saturated heterocycles. The molecule has 31 heteroatoms. The molecular weight excluding hydrogens is 965 g/mol. The maximum Gasteiger partial charge on any atom is 0.328 e. The number of likely N-dealkylation sites (tertiary alicyclic amines) is 1. The van der Waals surface area contributed by atoms with E-state index >= 15 is 0 Å². The van der Waals surface area contributed by atoms with E-state index in [-0.39, 0.29) is 44.6 Å². The van der Waals surface area contributed by atoms with Gasteiger partial charge in [0, 0.05) is 25.8 Å². The topological polar surface area (TPSA) is 532 Å². The second kappa shape index (κ2) is 30.3. The minimum Gasteiger partial charge on any atom is -0.481 e. The van der Waals surface area contributed by atoms with E-state index in [1.807, 2.05) is 5.32 Å². The van der Waals surface area contributed by atoms with Gasteiger partial charge < -0.3 is 90.6 Å². The van der Waals surface area contributed by atoms with Crippen LogP contribution in [0.4, 0.5) is 0 Å². The molecule has 0 radical (unpaired) electrons. The number of nitrogens with two attached hydrogens (primary N) is 4. The van der Waals surface area contributed by atoms with Crippen molar-refractivity contribution in [1.82, 2.24) is 42.1 Å². The second-order valence-electron chi connectivity index (χ2n) is 17.3. The molecule has 0 aromatic carbocycles. The fourth-order valence-corrected chi connectivity index (χ4v) is 6.98. The Hall–Kier alpha value is -7.54. The Labute approximate surface area is 411 Å². The molecule has 11 amide bonds. The molecule has 404 valence electrons. The first-order valence-electron chi connectivity index (χ1n) is 22.5. The third kappa shape index (κ3) is 22.0. The van der Waals surface area contributed by atoms with Crippen LogP contribution < -0.4 is 60.2 Å². The van der Waals surface area contributed by atoms with Crippen molar-refractivity contribution in [3.63, 3.8) is 0 Å². The molecule has 1 aliphatic rings. The van der Waals surface area contributed by atoms with Crippen molar-refractivity contribution in [2.24, 2.45) is 28.9 Å². The Morgan fingerprint density at radius 3 is 1.51 bits per heavy atom. The first-order chi connectivity index (χ1) is 33.5. The lowest BCUT2D eigenvalue weighted by molar-refractivity contribution is -0.146. The number of aliphatic hydroxyl groups excluding tert-OH is 2. The van der Waals surface area contributed by atoms with Crippen LogP contribution >= 0.6 is 0 Å². The number of amides is 11. The molecule has 0 spiro atoms. The molecule has 0 bridgehead atoms. The highest BCUT2D eigenvalue weighted by Gasteiger charge is 2.41. The average molecular weight is 1030 g/mol. The molecule has 0 aromatic heterocycles. The summed E-state index contributed by atoms with van der Waals surface area (Å²) in [6.45, 7) is 3.13. The summed E-state index contributed by atoms with van der Waals surface area (Å²) in [5, 5.41) is 63.5. The first kappa shape index (κ1) is 62.5. The van der Waals surface area contributed by atoms with Crippen molar-refractivity contribution in [3.05, 3.63) is 0 Å². The van der Waals surface area contributed by atoms with Gasteiger partial charge >= 0.3 is 17.9 Å². The highest BCUT2D eigenvalue weighted by Crippen LogP contribution is 2.21. The number of carboxylic acid groups (broad SMARTS) is 3. The van der Waals surface area contributed by atoms with Crippen LogP contribution in [0.5, 0.6) is 0 Å². The number of nitrogens with zero attached hydrogens (tertiary/aromatic N) is 1. The zero-order chi connectivity index (χ0) is 55.2.